The van der Waals surface area contributed by atoms with Gasteiger partial charge in [0.2, 0.25) is 5.91 Å². The van der Waals surface area contributed by atoms with Crippen LogP contribution in [0.4, 0.5) is 0 Å². The third-order valence-corrected chi connectivity index (χ3v) is 5.75. The van der Waals surface area contributed by atoms with E-state index in [1.165, 1.54) is 25.7 Å². The van der Waals surface area contributed by atoms with Crippen LogP contribution in [0, 0.1) is 5.41 Å². The standard InChI is InChI=1S/C16H28N2O2/c1-3-20-14-10-13(16(14)8-4-5-9-16)17-12-6-7-15(19)18(2)11-12/h12-14,17H,3-11H2,1-2H3. The van der Waals surface area contributed by atoms with E-state index >= 15 is 0 Å². The van der Waals surface area contributed by atoms with E-state index in [2.05, 4.69) is 12.2 Å². The molecule has 1 amide bonds. The van der Waals surface area contributed by atoms with Crippen molar-refractivity contribution in [3.8, 4) is 0 Å². The lowest BCUT2D eigenvalue weighted by Crippen LogP contribution is -2.65. The van der Waals surface area contributed by atoms with Crippen molar-refractivity contribution in [3.05, 3.63) is 0 Å². The number of likely N-dealkylation sites (tertiary alicyclic amines) is 1. The Morgan fingerprint density at radius 2 is 2.15 bits per heavy atom. The summed E-state index contributed by atoms with van der Waals surface area (Å²) in [4.78, 5) is 13.5. The predicted octanol–water partition coefficient (Wildman–Crippen LogP) is 1.93. The monoisotopic (exact) mass is 280 g/mol. The van der Waals surface area contributed by atoms with Crippen molar-refractivity contribution in [1.29, 1.82) is 0 Å². The molecule has 3 atom stereocenters. The van der Waals surface area contributed by atoms with E-state index in [1.807, 2.05) is 11.9 Å². The fourth-order valence-corrected chi connectivity index (χ4v) is 4.55. The molecule has 1 spiro atoms. The SMILES string of the molecule is CCOC1CC(NC2CCC(=O)N(C)C2)C12CCCC2. The van der Waals surface area contributed by atoms with Crippen LogP contribution in [0.2, 0.25) is 0 Å². The van der Waals surface area contributed by atoms with Crippen LogP contribution in [0.15, 0.2) is 0 Å². The highest BCUT2D eigenvalue weighted by Gasteiger charge is 2.56. The third-order valence-electron chi connectivity index (χ3n) is 5.75. The molecule has 3 aliphatic rings. The molecule has 0 aromatic rings. The van der Waals surface area contributed by atoms with Gasteiger partial charge in [0.05, 0.1) is 6.10 Å². The van der Waals surface area contributed by atoms with Gasteiger partial charge in [-0.1, -0.05) is 12.8 Å². The van der Waals surface area contributed by atoms with Gasteiger partial charge in [-0.3, -0.25) is 4.79 Å². The van der Waals surface area contributed by atoms with Crippen LogP contribution in [0.25, 0.3) is 0 Å². The summed E-state index contributed by atoms with van der Waals surface area (Å²) in [5.74, 6) is 0.291. The highest BCUT2D eigenvalue weighted by atomic mass is 16.5. The summed E-state index contributed by atoms with van der Waals surface area (Å²) < 4.78 is 5.97. The first kappa shape index (κ1) is 14.3. The Hall–Kier alpha value is -0.610. The molecule has 4 nitrogen and oxygen atoms in total. The summed E-state index contributed by atoms with van der Waals surface area (Å²) in [5, 5.41) is 3.85. The van der Waals surface area contributed by atoms with E-state index in [9.17, 15) is 4.79 Å². The lowest BCUT2D eigenvalue weighted by Gasteiger charge is -2.55. The number of hydrogen-bond acceptors (Lipinski definition) is 3. The quantitative estimate of drug-likeness (QED) is 0.855. The molecule has 20 heavy (non-hydrogen) atoms. The van der Waals surface area contributed by atoms with E-state index in [1.54, 1.807) is 0 Å². The second-order valence-electron chi connectivity index (χ2n) is 6.85. The summed E-state index contributed by atoms with van der Waals surface area (Å²) in [6, 6.07) is 1.08. The smallest absolute Gasteiger partial charge is 0.222 e. The molecule has 2 aliphatic carbocycles. The Morgan fingerprint density at radius 3 is 2.80 bits per heavy atom. The number of carbonyl (C=O) groups is 1. The second-order valence-corrected chi connectivity index (χ2v) is 6.85. The van der Waals surface area contributed by atoms with E-state index in [0.717, 1.165) is 26.0 Å². The average Bonchev–Trinajstić information content (AvgIpc) is 2.94. The minimum absolute atomic E-state index is 0.291. The molecule has 0 bridgehead atoms. The molecule has 0 aromatic heterocycles. The Labute approximate surface area is 122 Å². The molecular formula is C16H28N2O2. The average molecular weight is 280 g/mol. The van der Waals surface area contributed by atoms with Crippen LogP contribution in [0.5, 0.6) is 0 Å². The summed E-state index contributed by atoms with van der Waals surface area (Å²) in [6.45, 7) is 3.80. The molecule has 2 saturated carbocycles. The fourth-order valence-electron chi connectivity index (χ4n) is 4.55. The van der Waals surface area contributed by atoms with Gasteiger partial charge in [-0.05, 0) is 32.6 Å². The van der Waals surface area contributed by atoms with Gasteiger partial charge >= 0.3 is 0 Å². The van der Waals surface area contributed by atoms with Crippen molar-refractivity contribution in [2.75, 3.05) is 20.2 Å². The van der Waals surface area contributed by atoms with E-state index in [-0.39, 0.29) is 0 Å². The fraction of sp³-hybridized carbons (Fsp3) is 0.938. The van der Waals surface area contributed by atoms with Crippen molar-refractivity contribution in [2.45, 2.75) is 70.1 Å². The van der Waals surface area contributed by atoms with Gasteiger partial charge < -0.3 is 15.0 Å². The summed E-state index contributed by atoms with van der Waals surface area (Å²) >= 11 is 0. The first-order valence-corrected chi connectivity index (χ1v) is 8.27. The largest absolute Gasteiger partial charge is 0.378 e. The lowest BCUT2D eigenvalue weighted by atomic mass is 9.60. The van der Waals surface area contributed by atoms with Crippen LogP contribution in [-0.2, 0) is 9.53 Å². The highest BCUT2D eigenvalue weighted by Crippen LogP contribution is 2.54. The summed E-state index contributed by atoms with van der Waals surface area (Å²) in [6.07, 6.45) is 8.65. The number of hydrogen-bond donors (Lipinski definition) is 1. The van der Waals surface area contributed by atoms with Gasteiger partial charge in [0.25, 0.3) is 0 Å². The van der Waals surface area contributed by atoms with Crippen molar-refractivity contribution in [3.63, 3.8) is 0 Å². The number of nitrogens with zero attached hydrogens (tertiary/aromatic N) is 1. The summed E-state index contributed by atoms with van der Waals surface area (Å²) in [5.41, 5.74) is 0.399. The van der Waals surface area contributed by atoms with E-state index in [4.69, 9.17) is 4.74 Å². The van der Waals surface area contributed by atoms with E-state index < -0.39 is 0 Å². The highest BCUT2D eigenvalue weighted by molar-refractivity contribution is 5.76. The number of rotatable bonds is 4. The van der Waals surface area contributed by atoms with Gasteiger partial charge in [0.1, 0.15) is 0 Å². The Morgan fingerprint density at radius 1 is 1.40 bits per heavy atom. The van der Waals surface area contributed by atoms with Crippen LogP contribution in [-0.4, -0.2) is 49.2 Å². The molecule has 0 radical (unpaired) electrons. The third kappa shape index (κ3) is 2.37. The zero-order valence-electron chi connectivity index (χ0n) is 12.9. The maximum Gasteiger partial charge on any atom is 0.222 e. The number of nitrogens with one attached hydrogen (secondary N) is 1. The van der Waals surface area contributed by atoms with Crippen LogP contribution < -0.4 is 5.32 Å². The van der Waals surface area contributed by atoms with Crippen molar-refractivity contribution in [2.24, 2.45) is 5.41 Å². The molecule has 3 rings (SSSR count). The first-order chi connectivity index (χ1) is 9.65. The molecule has 3 unspecified atom stereocenters. The maximum atomic E-state index is 11.6. The zero-order chi connectivity index (χ0) is 14.2. The Balaban J connectivity index is 1.59. The normalized spacial score (nSPS) is 36.4. The van der Waals surface area contributed by atoms with Crippen LogP contribution in [0.3, 0.4) is 0 Å². The number of carbonyl (C=O) groups excluding carboxylic acids is 1. The lowest BCUT2D eigenvalue weighted by molar-refractivity contribution is -0.139. The number of likely N-dealkylation sites (N-methyl/N-ethyl adjacent to an activating group) is 1. The number of amides is 1. The van der Waals surface area contributed by atoms with Crippen molar-refractivity contribution in [1.82, 2.24) is 10.2 Å². The molecule has 1 N–H and O–H groups in total. The van der Waals surface area contributed by atoms with Crippen LogP contribution >= 0.6 is 0 Å². The van der Waals surface area contributed by atoms with Crippen molar-refractivity contribution < 1.29 is 9.53 Å². The molecule has 4 heteroatoms. The van der Waals surface area contributed by atoms with Gasteiger partial charge in [-0.25, -0.2) is 0 Å². The zero-order valence-corrected chi connectivity index (χ0v) is 12.9. The minimum Gasteiger partial charge on any atom is -0.378 e. The number of piperidine rings is 1. The Bertz CT molecular complexity index is 365. The van der Waals surface area contributed by atoms with E-state index in [0.29, 0.717) is 35.9 Å². The molecule has 1 saturated heterocycles. The maximum absolute atomic E-state index is 11.6. The van der Waals surface area contributed by atoms with Crippen molar-refractivity contribution >= 4 is 5.91 Å². The topological polar surface area (TPSA) is 41.6 Å². The molecule has 3 fully saturated rings. The number of ether oxygens (including phenoxy) is 1. The van der Waals surface area contributed by atoms with Gasteiger partial charge in [-0.15, -0.1) is 0 Å². The van der Waals surface area contributed by atoms with Gasteiger partial charge in [0, 0.05) is 44.1 Å². The van der Waals surface area contributed by atoms with Crippen LogP contribution in [0.1, 0.15) is 51.9 Å². The molecule has 0 aromatic carbocycles. The van der Waals surface area contributed by atoms with Gasteiger partial charge in [-0.2, -0.15) is 0 Å². The first-order valence-electron chi connectivity index (χ1n) is 8.27. The predicted molar refractivity (Wildman–Crippen MR) is 78.5 cm³/mol. The molecule has 1 heterocycles. The van der Waals surface area contributed by atoms with Gasteiger partial charge in [0.15, 0.2) is 0 Å². The Kier molecular flexibility index (Phi) is 4.04. The minimum atomic E-state index is 0.291. The second kappa shape index (κ2) is 5.64. The molecule has 114 valence electrons. The molecule has 1 aliphatic heterocycles. The summed E-state index contributed by atoms with van der Waals surface area (Å²) in [7, 11) is 1.92. The molecular weight excluding hydrogens is 252 g/mol.